The summed E-state index contributed by atoms with van der Waals surface area (Å²) in [7, 11) is 0. The van der Waals surface area contributed by atoms with Gasteiger partial charge in [0.05, 0.1) is 4.92 Å². The number of hydrogen-bond donors (Lipinski definition) is 1. The normalized spacial score (nSPS) is 12.0. The van der Waals surface area contributed by atoms with Gasteiger partial charge in [-0.05, 0) is 13.8 Å². The van der Waals surface area contributed by atoms with Gasteiger partial charge in [-0.25, -0.2) is 9.48 Å². The van der Waals surface area contributed by atoms with E-state index < -0.39 is 16.4 Å². The van der Waals surface area contributed by atoms with Gasteiger partial charge in [-0.3, -0.25) is 10.1 Å². The average molecular weight is 317 g/mol. The molecule has 120 valence electrons. The largest absolute Gasteiger partial charge is 0.380 e. The molecule has 1 aromatic carbocycles. The topological polar surface area (TPSA) is 126 Å². The minimum atomic E-state index is -1.28. The number of rotatable bonds is 5. The fourth-order valence-corrected chi connectivity index (χ4v) is 1.67. The van der Waals surface area contributed by atoms with Crippen LogP contribution in [0, 0.1) is 10.1 Å². The van der Waals surface area contributed by atoms with Crippen molar-refractivity contribution in [1.82, 2.24) is 9.78 Å². The molecule has 0 aliphatic rings. The van der Waals surface area contributed by atoms with Crippen LogP contribution in [0.1, 0.15) is 19.4 Å². The van der Waals surface area contributed by atoms with Crippen LogP contribution in [0.5, 0.6) is 0 Å². The number of oxime groups is 1. The summed E-state index contributed by atoms with van der Waals surface area (Å²) in [4.78, 5) is 27.1. The third kappa shape index (κ3) is 3.51. The lowest BCUT2D eigenvalue weighted by molar-refractivity contribution is -0.385. The second-order valence-corrected chi connectivity index (χ2v) is 5.18. The molecule has 0 bridgehead atoms. The molecule has 0 aliphatic heterocycles. The summed E-state index contributed by atoms with van der Waals surface area (Å²) >= 11 is 0. The van der Waals surface area contributed by atoms with Crippen molar-refractivity contribution in [3.05, 3.63) is 58.4 Å². The van der Waals surface area contributed by atoms with Crippen LogP contribution in [-0.4, -0.2) is 26.5 Å². The molecule has 0 spiro atoms. The summed E-state index contributed by atoms with van der Waals surface area (Å²) in [5.41, 5.74) is 4.83. The Hall–Kier alpha value is -3.23. The number of carbonyl (C=O) groups is 1. The molecular weight excluding hydrogens is 302 g/mol. The maximum atomic E-state index is 12.2. The summed E-state index contributed by atoms with van der Waals surface area (Å²) in [5.74, 6) is -0.712. The van der Waals surface area contributed by atoms with Crippen molar-refractivity contribution < 1.29 is 14.6 Å². The van der Waals surface area contributed by atoms with Gasteiger partial charge < -0.3 is 10.6 Å². The van der Waals surface area contributed by atoms with E-state index in [2.05, 4.69) is 10.3 Å². The third-order valence-electron chi connectivity index (χ3n) is 3.15. The SMILES string of the molecule is CC(C)(C(=O)O/N=C(\N)c1ccccc1)n1cc([N+](=O)[O-])cn1. The molecule has 0 aliphatic carbocycles. The number of aromatic nitrogens is 2. The van der Waals surface area contributed by atoms with Crippen LogP contribution in [0.3, 0.4) is 0 Å². The lowest BCUT2D eigenvalue weighted by Gasteiger charge is -2.20. The second-order valence-electron chi connectivity index (χ2n) is 5.18. The van der Waals surface area contributed by atoms with E-state index in [-0.39, 0.29) is 11.5 Å². The zero-order valence-electron chi connectivity index (χ0n) is 12.5. The fourth-order valence-electron chi connectivity index (χ4n) is 1.67. The molecule has 23 heavy (non-hydrogen) atoms. The molecule has 2 N–H and O–H groups in total. The van der Waals surface area contributed by atoms with Crippen molar-refractivity contribution >= 4 is 17.5 Å². The first kappa shape index (κ1) is 16.1. The van der Waals surface area contributed by atoms with Crippen LogP contribution in [0.15, 0.2) is 47.9 Å². The first-order valence-corrected chi connectivity index (χ1v) is 6.62. The third-order valence-corrected chi connectivity index (χ3v) is 3.15. The minimum Gasteiger partial charge on any atom is -0.380 e. The van der Waals surface area contributed by atoms with E-state index in [1.165, 1.54) is 13.8 Å². The molecule has 0 saturated carbocycles. The average Bonchev–Trinajstić information content (AvgIpc) is 3.04. The Balaban J connectivity index is 2.13. The van der Waals surface area contributed by atoms with Crippen LogP contribution in [0.2, 0.25) is 0 Å². The van der Waals surface area contributed by atoms with Gasteiger partial charge in [0.25, 0.3) is 0 Å². The zero-order chi connectivity index (χ0) is 17.0. The smallest absolute Gasteiger partial charge is 0.361 e. The highest BCUT2D eigenvalue weighted by atomic mass is 16.7. The Morgan fingerprint density at radius 3 is 2.61 bits per heavy atom. The summed E-state index contributed by atoms with van der Waals surface area (Å²) in [6.07, 6.45) is 2.20. The molecule has 0 radical (unpaired) electrons. The maximum Gasteiger partial charge on any atom is 0.361 e. The van der Waals surface area contributed by atoms with Gasteiger partial charge in [0, 0.05) is 5.56 Å². The molecule has 0 saturated heterocycles. The standard InChI is InChI=1S/C14H15N5O4/c1-14(2,18-9-11(8-16-18)19(21)22)13(20)23-17-12(15)10-6-4-3-5-7-10/h3-9H,1-2H3,(H2,15,17). The summed E-state index contributed by atoms with van der Waals surface area (Å²) in [5, 5.41) is 18.1. The Labute approximate surface area is 131 Å². The van der Waals surface area contributed by atoms with E-state index in [9.17, 15) is 14.9 Å². The highest BCUT2D eigenvalue weighted by Crippen LogP contribution is 2.20. The van der Waals surface area contributed by atoms with Gasteiger partial charge in [0.2, 0.25) is 0 Å². The van der Waals surface area contributed by atoms with E-state index in [4.69, 9.17) is 10.6 Å². The second kappa shape index (κ2) is 6.26. The van der Waals surface area contributed by atoms with Crippen molar-refractivity contribution in [1.29, 1.82) is 0 Å². The predicted octanol–water partition coefficient (Wildman–Crippen LogP) is 1.39. The fraction of sp³-hybridized carbons (Fsp3) is 0.214. The molecule has 2 rings (SSSR count). The van der Waals surface area contributed by atoms with Crippen LogP contribution in [0.25, 0.3) is 0 Å². The Kier molecular flexibility index (Phi) is 4.39. The summed E-state index contributed by atoms with van der Waals surface area (Å²) < 4.78 is 1.14. The van der Waals surface area contributed by atoms with Crippen LogP contribution < -0.4 is 5.73 Å². The maximum absolute atomic E-state index is 12.2. The van der Waals surface area contributed by atoms with E-state index >= 15 is 0 Å². The first-order chi connectivity index (χ1) is 10.8. The molecule has 9 nitrogen and oxygen atoms in total. The van der Waals surface area contributed by atoms with Crippen molar-refractivity contribution in [3.8, 4) is 0 Å². The van der Waals surface area contributed by atoms with Crippen LogP contribution in [-0.2, 0) is 15.2 Å². The van der Waals surface area contributed by atoms with Gasteiger partial charge in [-0.1, -0.05) is 35.5 Å². The predicted molar refractivity (Wildman–Crippen MR) is 81.5 cm³/mol. The lowest BCUT2D eigenvalue weighted by Crippen LogP contribution is -2.37. The first-order valence-electron chi connectivity index (χ1n) is 6.62. The van der Waals surface area contributed by atoms with Gasteiger partial charge >= 0.3 is 11.7 Å². The summed E-state index contributed by atoms with van der Waals surface area (Å²) in [6.45, 7) is 3.00. The monoisotopic (exact) mass is 317 g/mol. The molecule has 2 aromatic rings. The number of nitrogens with two attached hydrogens (primary N) is 1. The zero-order valence-corrected chi connectivity index (χ0v) is 12.5. The van der Waals surface area contributed by atoms with Gasteiger partial charge in [0.1, 0.15) is 12.4 Å². The van der Waals surface area contributed by atoms with E-state index in [1.807, 2.05) is 6.07 Å². The molecular formula is C14H15N5O4. The number of carbonyl (C=O) groups excluding carboxylic acids is 1. The number of benzene rings is 1. The lowest BCUT2D eigenvalue weighted by atomic mass is 10.1. The van der Waals surface area contributed by atoms with Gasteiger partial charge in [-0.15, -0.1) is 0 Å². The quantitative estimate of drug-likeness (QED) is 0.292. The summed E-state index contributed by atoms with van der Waals surface area (Å²) in [6, 6.07) is 8.79. The molecule has 1 aromatic heterocycles. The van der Waals surface area contributed by atoms with Gasteiger partial charge in [0.15, 0.2) is 11.4 Å². The number of nitrogens with zero attached hydrogens (tertiary/aromatic N) is 4. The van der Waals surface area contributed by atoms with Crippen molar-refractivity contribution in [3.63, 3.8) is 0 Å². The van der Waals surface area contributed by atoms with Crippen molar-refractivity contribution in [2.24, 2.45) is 10.9 Å². The Morgan fingerprint density at radius 1 is 1.39 bits per heavy atom. The van der Waals surface area contributed by atoms with E-state index in [0.29, 0.717) is 5.56 Å². The molecule has 0 amide bonds. The van der Waals surface area contributed by atoms with E-state index in [0.717, 1.165) is 17.1 Å². The Bertz CT molecular complexity index is 752. The minimum absolute atomic E-state index is 0.0428. The highest BCUT2D eigenvalue weighted by molar-refractivity contribution is 5.97. The van der Waals surface area contributed by atoms with Crippen LogP contribution in [0.4, 0.5) is 5.69 Å². The van der Waals surface area contributed by atoms with Gasteiger partial charge in [-0.2, -0.15) is 5.10 Å². The highest BCUT2D eigenvalue weighted by Gasteiger charge is 2.34. The van der Waals surface area contributed by atoms with Crippen molar-refractivity contribution in [2.75, 3.05) is 0 Å². The molecule has 0 fully saturated rings. The Morgan fingerprint density at radius 2 is 2.04 bits per heavy atom. The molecule has 0 atom stereocenters. The molecule has 9 heteroatoms. The molecule has 0 unspecified atom stereocenters. The number of hydrogen-bond acceptors (Lipinski definition) is 6. The number of nitro groups is 1. The van der Waals surface area contributed by atoms with Crippen LogP contribution >= 0.6 is 0 Å². The molecule has 1 heterocycles. The van der Waals surface area contributed by atoms with Crippen molar-refractivity contribution in [2.45, 2.75) is 19.4 Å². The number of amidine groups is 1. The van der Waals surface area contributed by atoms with E-state index in [1.54, 1.807) is 24.3 Å².